The minimum atomic E-state index is 0.124. The molecule has 0 heterocycles. The van der Waals surface area contributed by atoms with Crippen LogP contribution in [-0.4, -0.2) is 0 Å². The average molecular weight is 253 g/mol. The molecule has 19 heavy (non-hydrogen) atoms. The lowest BCUT2D eigenvalue weighted by Crippen LogP contribution is -2.14. The summed E-state index contributed by atoms with van der Waals surface area (Å²) in [6, 6.07) is 19.2. The van der Waals surface area contributed by atoms with Crippen molar-refractivity contribution in [3.05, 3.63) is 71.3 Å². The first-order valence-electron chi connectivity index (χ1n) is 7.07. The number of benzene rings is 2. The highest BCUT2D eigenvalue weighted by Gasteiger charge is 2.12. The van der Waals surface area contributed by atoms with Crippen LogP contribution in [0.5, 0.6) is 0 Å². The summed E-state index contributed by atoms with van der Waals surface area (Å²) in [5.41, 5.74) is 10.4. The lowest BCUT2D eigenvalue weighted by molar-refractivity contribution is 0.638. The second-order valence-corrected chi connectivity index (χ2v) is 5.41. The van der Waals surface area contributed by atoms with Crippen LogP contribution >= 0.6 is 0 Å². The van der Waals surface area contributed by atoms with Gasteiger partial charge in [0.15, 0.2) is 0 Å². The maximum absolute atomic E-state index is 6.38. The number of aryl methyl sites for hydroxylation is 1. The van der Waals surface area contributed by atoms with Crippen LogP contribution in [0, 0.1) is 0 Å². The van der Waals surface area contributed by atoms with Crippen molar-refractivity contribution in [2.45, 2.75) is 38.6 Å². The Morgan fingerprint density at radius 2 is 1.42 bits per heavy atom. The van der Waals surface area contributed by atoms with Gasteiger partial charge in [0.1, 0.15) is 0 Å². The smallest absolute Gasteiger partial charge is 0.0300 e. The van der Waals surface area contributed by atoms with Crippen molar-refractivity contribution >= 4 is 0 Å². The third-order valence-corrected chi connectivity index (χ3v) is 3.60. The van der Waals surface area contributed by atoms with Crippen molar-refractivity contribution in [3.8, 4) is 0 Å². The fourth-order valence-corrected chi connectivity index (χ4v) is 2.50. The van der Waals surface area contributed by atoms with Crippen molar-refractivity contribution in [2.24, 2.45) is 5.73 Å². The zero-order valence-corrected chi connectivity index (χ0v) is 11.8. The Labute approximate surface area is 116 Å². The van der Waals surface area contributed by atoms with E-state index in [1.165, 1.54) is 16.7 Å². The third kappa shape index (κ3) is 3.68. The van der Waals surface area contributed by atoms with Gasteiger partial charge in [0.2, 0.25) is 0 Å². The molecule has 0 fully saturated rings. The molecule has 100 valence electrons. The summed E-state index contributed by atoms with van der Waals surface area (Å²) in [6.45, 7) is 4.45. The fourth-order valence-electron chi connectivity index (χ4n) is 2.50. The van der Waals surface area contributed by atoms with E-state index in [9.17, 15) is 0 Å². The first-order chi connectivity index (χ1) is 9.18. The molecule has 0 aliphatic heterocycles. The van der Waals surface area contributed by atoms with Crippen LogP contribution in [0.4, 0.5) is 0 Å². The second kappa shape index (κ2) is 6.53. The van der Waals surface area contributed by atoms with Gasteiger partial charge in [-0.2, -0.15) is 0 Å². The molecule has 0 bridgehead atoms. The molecule has 1 atom stereocenters. The second-order valence-electron chi connectivity index (χ2n) is 5.41. The van der Waals surface area contributed by atoms with Crippen molar-refractivity contribution in [1.82, 2.24) is 0 Å². The van der Waals surface area contributed by atoms with Gasteiger partial charge in [0.05, 0.1) is 0 Å². The Hall–Kier alpha value is -1.60. The van der Waals surface area contributed by atoms with Crippen molar-refractivity contribution < 1.29 is 0 Å². The van der Waals surface area contributed by atoms with Crippen molar-refractivity contribution in [2.75, 3.05) is 0 Å². The van der Waals surface area contributed by atoms with Gasteiger partial charge in [-0.3, -0.25) is 0 Å². The van der Waals surface area contributed by atoms with Crippen LogP contribution in [0.1, 0.15) is 48.9 Å². The van der Waals surface area contributed by atoms with Gasteiger partial charge in [-0.05, 0) is 35.4 Å². The summed E-state index contributed by atoms with van der Waals surface area (Å²) in [6.07, 6.45) is 2.03. The average Bonchev–Trinajstić information content (AvgIpc) is 2.46. The van der Waals surface area contributed by atoms with E-state index in [4.69, 9.17) is 5.73 Å². The maximum Gasteiger partial charge on any atom is 0.0300 e. The molecule has 0 unspecified atom stereocenters. The molecule has 0 radical (unpaired) electrons. The molecule has 0 saturated heterocycles. The molecule has 0 spiro atoms. The Kier molecular flexibility index (Phi) is 4.75. The van der Waals surface area contributed by atoms with Crippen LogP contribution in [0.25, 0.3) is 0 Å². The monoisotopic (exact) mass is 253 g/mol. The van der Waals surface area contributed by atoms with E-state index in [0.29, 0.717) is 5.92 Å². The molecule has 0 amide bonds. The lowest BCUT2D eigenvalue weighted by Gasteiger charge is -2.18. The summed E-state index contributed by atoms with van der Waals surface area (Å²) in [4.78, 5) is 0. The third-order valence-electron chi connectivity index (χ3n) is 3.60. The molecule has 2 N–H and O–H groups in total. The number of nitrogens with two attached hydrogens (primary N) is 1. The molecule has 0 saturated carbocycles. The Bertz CT molecular complexity index is 502. The van der Waals surface area contributed by atoms with Crippen LogP contribution in [0.2, 0.25) is 0 Å². The number of rotatable bonds is 5. The molecular weight excluding hydrogens is 230 g/mol. The highest BCUT2D eigenvalue weighted by atomic mass is 14.6. The molecule has 0 aliphatic carbocycles. The predicted octanol–water partition coefficient (Wildman–Crippen LogP) is 4.44. The molecule has 0 aliphatic rings. The predicted molar refractivity (Wildman–Crippen MR) is 82.2 cm³/mol. The van der Waals surface area contributed by atoms with Crippen LogP contribution < -0.4 is 5.73 Å². The standard InChI is InChI=1S/C18H23N/c1-14(2)16-10-6-7-11-17(16)18(19)13-12-15-8-4-3-5-9-15/h3-11,14,18H,12-13,19H2,1-2H3/t18-/m1/s1. The molecule has 1 nitrogen and oxygen atoms in total. The van der Waals surface area contributed by atoms with E-state index in [1.807, 2.05) is 0 Å². The number of hydrogen-bond acceptors (Lipinski definition) is 1. The van der Waals surface area contributed by atoms with Crippen molar-refractivity contribution in [1.29, 1.82) is 0 Å². The van der Waals surface area contributed by atoms with Gasteiger partial charge < -0.3 is 5.73 Å². The molecule has 0 aromatic heterocycles. The Balaban J connectivity index is 2.06. The summed E-state index contributed by atoms with van der Waals surface area (Å²) in [7, 11) is 0. The normalized spacial score (nSPS) is 12.6. The summed E-state index contributed by atoms with van der Waals surface area (Å²) < 4.78 is 0. The molecule has 2 rings (SSSR count). The zero-order valence-electron chi connectivity index (χ0n) is 11.8. The maximum atomic E-state index is 6.38. The van der Waals surface area contributed by atoms with E-state index in [-0.39, 0.29) is 6.04 Å². The largest absolute Gasteiger partial charge is 0.324 e. The molecular formula is C18H23N. The topological polar surface area (TPSA) is 26.0 Å². The van der Waals surface area contributed by atoms with Gasteiger partial charge in [-0.15, -0.1) is 0 Å². The van der Waals surface area contributed by atoms with E-state index in [0.717, 1.165) is 12.8 Å². The van der Waals surface area contributed by atoms with Crippen LogP contribution in [0.3, 0.4) is 0 Å². The number of hydrogen-bond donors (Lipinski definition) is 1. The van der Waals surface area contributed by atoms with Crippen molar-refractivity contribution in [3.63, 3.8) is 0 Å². The SMILES string of the molecule is CC(C)c1ccccc1[C@H](N)CCc1ccccc1. The fraction of sp³-hybridized carbons (Fsp3) is 0.333. The minimum Gasteiger partial charge on any atom is -0.324 e. The molecule has 2 aromatic rings. The summed E-state index contributed by atoms with van der Waals surface area (Å²) in [5.74, 6) is 0.527. The highest BCUT2D eigenvalue weighted by Crippen LogP contribution is 2.26. The quantitative estimate of drug-likeness (QED) is 0.837. The minimum absolute atomic E-state index is 0.124. The highest BCUT2D eigenvalue weighted by molar-refractivity contribution is 5.32. The lowest BCUT2D eigenvalue weighted by atomic mass is 9.90. The molecule has 2 aromatic carbocycles. The zero-order chi connectivity index (χ0) is 13.7. The Morgan fingerprint density at radius 3 is 2.05 bits per heavy atom. The van der Waals surface area contributed by atoms with Crippen LogP contribution in [0.15, 0.2) is 54.6 Å². The Morgan fingerprint density at radius 1 is 0.842 bits per heavy atom. The van der Waals surface area contributed by atoms with E-state index in [2.05, 4.69) is 68.4 Å². The van der Waals surface area contributed by atoms with Crippen LogP contribution in [-0.2, 0) is 6.42 Å². The van der Waals surface area contributed by atoms with E-state index >= 15 is 0 Å². The van der Waals surface area contributed by atoms with Gasteiger partial charge in [-0.25, -0.2) is 0 Å². The van der Waals surface area contributed by atoms with Gasteiger partial charge in [0.25, 0.3) is 0 Å². The summed E-state index contributed by atoms with van der Waals surface area (Å²) in [5, 5.41) is 0. The van der Waals surface area contributed by atoms with Gasteiger partial charge in [-0.1, -0.05) is 68.4 Å². The first-order valence-corrected chi connectivity index (χ1v) is 7.07. The first kappa shape index (κ1) is 13.8. The van der Waals surface area contributed by atoms with Gasteiger partial charge in [0, 0.05) is 6.04 Å². The van der Waals surface area contributed by atoms with E-state index in [1.54, 1.807) is 0 Å². The summed E-state index contributed by atoms with van der Waals surface area (Å²) >= 11 is 0. The van der Waals surface area contributed by atoms with E-state index < -0.39 is 0 Å². The van der Waals surface area contributed by atoms with Gasteiger partial charge >= 0.3 is 0 Å². The molecule has 1 heteroatoms.